The van der Waals surface area contributed by atoms with Crippen LogP contribution in [-0.2, 0) is 14.4 Å². The number of amides is 5. The van der Waals surface area contributed by atoms with Gasteiger partial charge in [0.1, 0.15) is 11.4 Å². The SMILES string of the molecule is CC1CCC2(CC1)NC(=O)N(NC(=O)C1CC(=O)N(c3ccccc3F)C1)C2=O. The molecule has 0 aromatic heterocycles. The quantitative estimate of drug-likeness (QED) is 0.752. The third kappa shape index (κ3) is 3.34. The number of rotatable bonds is 3. The Balaban J connectivity index is 1.43. The zero-order valence-electron chi connectivity index (χ0n) is 16.1. The van der Waals surface area contributed by atoms with Crippen molar-refractivity contribution in [3.63, 3.8) is 0 Å². The molecule has 1 atom stereocenters. The minimum absolute atomic E-state index is 0.0160. The summed E-state index contributed by atoms with van der Waals surface area (Å²) in [4.78, 5) is 51.4. The van der Waals surface area contributed by atoms with E-state index in [9.17, 15) is 23.6 Å². The summed E-state index contributed by atoms with van der Waals surface area (Å²) >= 11 is 0. The molecule has 2 aliphatic heterocycles. The molecule has 2 saturated heterocycles. The van der Waals surface area contributed by atoms with Crippen molar-refractivity contribution in [3.05, 3.63) is 30.1 Å². The Labute approximate surface area is 167 Å². The highest BCUT2D eigenvalue weighted by molar-refractivity contribution is 6.08. The molecule has 3 fully saturated rings. The van der Waals surface area contributed by atoms with Crippen LogP contribution in [0.4, 0.5) is 14.9 Å². The molecule has 1 spiro atoms. The van der Waals surface area contributed by atoms with Crippen molar-refractivity contribution in [2.24, 2.45) is 11.8 Å². The van der Waals surface area contributed by atoms with Crippen LogP contribution in [0.15, 0.2) is 24.3 Å². The number of hydrazine groups is 1. The van der Waals surface area contributed by atoms with Crippen LogP contribution in [-0.4, -0.2) is 40.8 Å². The molecule has 1 aromatic rings. The van der Waals surface area contributed by atoms with E-state index >= 15 is 0 Å². The maximum absolute atomic E-state index is 14.0. The van der Waals surface area contributed by atoms with Gasteiger partial charge in [-0.15, -0.1) is 0 Å². The van der Waals surface area contributed by atoms with Crippen molar-refractivity contribution in [2.75, 3.05) is 11.4 Å². The number of urea groups is 1. The smallest absolute Gasteiger partial charge is 0.322 e. The number of anilines is 1. The van der Waals surface area contributed by atoms with E-state index in [1.165, 1.54) is 23.1 Å². The van der Waals surface area contributed by atoms with Crippen molar-refractivity contribution >= 4 is 29.4 Å². The van der Waals surface area contributed by atoms with Gasteiger partial charge >= 0.3 is 6.03 Å². The van der Waals surface area contributed by atoms with Gasteiger partial charge < -0.3 is 10.2 Å². The first-order valence-electron chi connectivity index (χ1n) is 9.83. The van der Waals surface area contributed by atoms with Crippen LogP contribution in [0, 0.1) is 17.7 Å². The first-order chi connectivity index (χ1) is 13.8. The summed E-state index contributed by atoms with van der Waals surface area (Å²) in [6.07, 6.45) is 2.60. The van der Waals surface area contributed by atoms with Crippen LogP contribution in [0.25, 0.3) is 0 Å². The van der Waals surface area contributed by atoms with Crippen molar-refractivity contribution in [1.29, 1.82) is 0 Å². The van der Waals surface area contributed by atoms with Gasteiger partial charge in [-0.3, -0.25) is 19.8 Å². The molecule has 4 rings (SSSR count). The van der Waals surface area contributed by atoms with Crippen LogP contribution in [0.2, 0.25) is 0 Å². The van der Waals surface area contributed by atoms with Crippen molar-refractivity contribution < 1.29 is 23.6 Å². The van der Waals surface area contributed by atoms with Crippen LogP contribution in [0.3, 0.4) is 0 Å². The monoisotopic (exact) mass is 402 g/mol. The Morgan fingerprint density at radius 1 is 1.21 bits per heavy atom. The van der Waals surface area contributed by atoms with E-state index in [-0.39, 0.29) is 24.6 Å². The Morgan fingerprint density at radius 2 is 1.90 bits per heavy atom. The molecule has 1 aliphatic carbocycles. The molecular weight excluding hydrogens is 379 g/mol. The number of nitrogens with zero attached hydrogens (tertiary/aromatic N) is 2. The molecule has 1 saturated carbocycles. The molecule has 2 heterocycles. The number of nitrogens with one attached hydrogen (secondary N) is 2. The number of carbonyl (C=O) groups excluding carboxylic acids is 4. The fraction of sp³-hybridized carbons (Fsp3) is 0.500. The fourth-order valence-electron chi connectivity index (χ4n) is 4.30. The van der Waals surface area contributed by atoms with E-state index in [1.807, 2.05) is 0 Å². The van der Waals surface area contributed by atoms with E-state index in [2.05, 4.69) is 17.7 Å². The lowest BCUT2D eigenvalue weighted by molar-refractivity contribution is -0.141. The fourth-order valence-corrected chi connectivity index (χ4v) is 4.30. The average Bonchev–Trinajstić information content (AvgIpc) is 3.18. The van der Waals surface area contributed by atoms with Gasteiger partial charge in [-0.05, 0) is 43.7 Å². The number of imide groups is 1. The molecule has 5 amide bonds. The number of hydrogen-bond acceptors (Lipinski definition) is 4. The van der Waals surface area contributed by atoms with Crippen LogP contribution < -0.4 is 15.6 Å². The van der Waals surface area contributed by atoms with E-state index < -0.39 is 35.1 Å². The topological polar surface area (TPSA) is 98.8 Å². The predicted molar refractivity (Wildman–Crippen MR) is 101 cm³/mol. The number of hydrogen-bond donors (Lipinski definition) is 2. The van der Waals surface area contributed by atoms with Gasteiger partial charge in [-0.2, -0.15) is 5.01 Å². The van der Waals surface area contributed by atoms with Crippen molar-refractivity contribution in [3.8, 4) is 0 Å². The summed E-state index contributed by atoms with van der Waals surface area (Å²) in [7, 11) is 0. The zero-order valence-corrected chi connectivity index (χ0v) is 16.1. The number of benzene rings is 1. The van der Waals surface area contributed by atoms with Gasteiger partial charge in [0.05, 0.1) is 11.6 Å². The van der Waals surface area contributed by atoms with Crippen molar-refractivity contribution in [1.82, 2.24) is 15.8 Å². The van der Waals surface area contributed by atoms with Crippen LogP contribution in [0.5, 0.6) is 0 Å². The van der Waals surface area contributed by atoms with Gasteiger partial charge in [-0.1, -0.05) is 19.1 Å². The minimum Gasteiger partial charge on any atom is -0.322 e. The molecule has 1 unspecified atom stereocenters. The zero-order chi connectivity index (χ0) is 20.8. The van der Waals surface area contributed by atoms with Crippen LogP contribution in [0.1, 0.15) is 39.0 Å². The summed E-state index contributed by atoms with van der Waals surface area (Å²) in [5.74, 6) is -2.30. The van der Waals surface area contributed by atoms with Crippen molar-refractivity contribution in [2.45, 2.75) is 44.6 Å². The second-order valence-corrected chi connectivity index (χ2v) is 8.17. The molecule has 1 aromatic carbocycles. The largest absolute Gasteiger partial charge is 0.344 e. The summed E-state index contributed by atoms with van der Waals surface area (Å²) in [6.45, 7) is 2.09. The van der Waals surface area contributed by atoms with E-state index in [0.717, 1.165) is 17.9 Å². The van der Waals surface area contributed by atoms with E-state index in [1.54, 1.807) is 6.07 Å². The highest BCUT2D eigenvalue weighted by Gasteiger charge is 2.53. The molecule has 154 valence electrons. The highest BCUT2D eigenvalue weighted by Crippen LogP contribution is 2.36. The normalized spacial score (nSPS) is 29.5. The molecule has 3 aliphatic rings. The number of para-hydroxylation sites is 1. The van der Waals surface area contributed by atoms with E-state index in [0.29, 0.717) is 18.8 Å². The molecule has 0 bridgehead atoms. The van der Waals surface area contributed by atoms with E-state index in [4.69, 9.17) is 0 Å². The Morgan fingerprint density at radius 3 is 2.59 bits per heavy atom. The lowest BCUT2D eigenvalue weighted by Gasteiger charge is -2.33. The summed E-state index contributed by atoms with van der Waals surface area (Å²) in [5, 5.41) is 3.46. The lowest BCUT2D eigenvalue weighted by atomic mass is 9.77. The number of halogens is 1. The minimum atomic E-state index is -0.957. The summed E-state index contributed by atoms with van der Waals surface area (Å²) in [5.41, 5.74) is 1.52. The van der Waals surface area contributed by atoms with Gasteiger partial charge in [0.2, 0.25) is 11.8 Å². The molecule has 0 radical (unpaired) electrons. The average molecular weight is 402 g/mol. The predicted octanol–water partition coefficient (Wildman–Crippen LogP) is 1.71. The second kappa shape index (κ2) is 7.13. The Hall–Kier alpha value is -2.97. The summed E-state index contributed by atoms with van der Waals surface area (Å²) in [6, 6.07) is 5.18. The Bertz CT molecular complexity index is 881. The highest BCUT2D eigenvalue weighted by atomic mass is 19.1. The third-order valence-electron chi connectivity index (χ3n) is 6.15. The van der Waals surface area contributed by atoms with Crippen LogP contribution >= 0.6 is 0 Å². The first-order valence-corrected chi connectivity index (χ1v) is 9.83. The van der Waals surface area contributed by atoms with Gasteiger partial charge in [-0.25, -0.2) is 9.18 Å². The second-order valence-electron chi connectivity index (χ2n) is 8.17. The standard InChI is InChI=1S/C20H23FN4O4/c1-12-6-8-20(9-7-12)18(28)25(19(29)22-20)23-17(27)13-10-16(26)24(11-13)15-5-3-2-4-14(15)21/h2-5,12-13H,6-11H2,1H3,(H,22,29)(H,23,27). The van der Waals surface area contributed by atoms with Gasteiger partial charge in [0.25, 0.3) is 5.91 Å². The third-order valence-corrected chi connectivity index (χ3v) is 6.15. The maximum Gasteiger partial charge on any atom is 0.344 e. The first kappa shape index (κ1) is 19.4. The number of carbonyl (C=O) groups is 4. The molecule has 9 heteroatoms. The molecule has 8 nitrogen and oxygen atoms in total. The lowest BCUT2D eigenvalue weighted by Crippen LogP contribution is -2.52. The molecule has 2 N–H and O–H groups in total. The maximum atomic E-state index is 14.0. The Kier molecular flexibility index (Phi) is 4.76. The summed E-state index contributed by atoms with van der Waals surface area (Å²) < 4.78 is 14.0. The molecular formula is C20H23FN4O4. The molecule has 29 heavy (non-hydrogen) atoms. The van der Waals surface area contributed by atoms with Gasteiger partial charge in [0, 0.05) is 13.0 Å². The van der Waals surface area contributed by atoms with Gasteiger partial charge in [0.15, 0.2) is 0 Å².